The fourth-order valence-electron chi connectivity index (χ4n) is 3.10. The number of para-hydroxylation sites is 1. The third-order valence-electron chi connectivity index (χ3n) is 4.69. The Hall–Kier alpha value is -3.23. The molecule has 32 heavy (non-hydrogen) atoms. The lowest BCUT2D eigenvalue weighted by atomic mass is 10.1. The van der Waals surface area contributed by atoms with E-state index in [1.165, 1.54) is 29.4 Å². The lowest BCUT2D eigenvalue weighted by Crippen LogP contribution is -2.23. The fraction of sp³-hybridized carbons (Fsp3) is 0.167. The zero-order valence-corrected chi connectivity index (χ0v) is 19.2. The molecule has 0 fully saturated rings. The maximum Gasteiger partial charge on any atom is 0.341 e. The van der Waals surface area contributed by atoms with Crippen LogP contribution in [-0.4, -0.2) is 33.7 Å². The Morgan fingerprint density at radius 3 is 2.62 bits per heavy atom. The minimum atomic E-state index is -0.455. The number of carbonyl (C=O) groups excluding carboxylic acids is 2. The van der Waals surface area contributed by atoms with Crippen LogP contribution < -0.4 is 5.32 Å². The van der Waals surface area contributed by atoms with Gasteiger partial charge < -0.3 is 10.1 Å². The van der Waals surface area contributed by atoms with Crippen molar-refractivity contribution in [3.63, 3.8) is 0 Å². The number of hydrogen-bond acceptors (Lipinski definition) is 7. The fourth-order valence-corrected chi connectivity index (χ4v) is 5.06. The average Bonchev–Trinajstić information content (AvgIpc) is 3.24. The molecular formula is C24H21N3O3S2. The Balaban J connectivity index is 1.57. The summed E-state index contributed by atoms with van der Waals surface area (Å²) >= 11 is 2.71. The van der Waals surface area contributed by atoms with Crippen LogP contribution in [0, 0.1) is 0 Å². The van der Waals surface area contributed by atoms with E-state index in [4.69, 9.17) is 4.74 Å². The van der Waals surface area contributed by atoms with Gasteiger partial charge in [0.05, 0.1) is 22.9 Å². The summed E-state index contributed by atoms with van der Waals surface area (Å²) < 4.78 is 5.20. The van der Waals surface area contributed by atoms with E-state index in [9.17, 15) is 9.59 Å². The van der Waals surface area contributed by atoms with E-state index < -0.39 is 11.2 Å². The molecule has 6 nitrogen and oxygen atoms in total. The highest BCUT2D eigenvalue weighted by Gasteiger charge is 2.23. The van der Waals surface area contributed by atoms with E-state index in [-0.39, 0.29) is 12.5 Å². The van der Waals surface area contributed by atoms with Crippen molar-refractivity contribution < 1.29 is 14.3 Å². The largest absolute Gasteiger partial charge is 0.462 e. The first-order chi connectivity index (χ1) is 15.6. The van der Waals surface area contributed by atoms with Crippen LogP contribution in [0.5, 0.6) is 0 Å². The number of fused-ring (bicyclic) bond motifs is 1. The van der Waals surface area contributed by atoms with E-state index in [2.05, 4.69) is 15.3 Å². The minimum Gasteiger partial charge on any atom is -0.462 e. The Morgan fingerprint density at radius 1 is 1.09 bits per heavy atom. The monoisotopic (exact) mass is 463 g/mol. The van der Waals surface area contributed by atoms with Crippen molar-refractivity contribution in [3.05, 3.63) is 72.6 Å². The number of rotatable bonds is 7. The standard InChI is InChI=1S/C24H21N3O3S2/c1-3-30-24(29)18-13-20(16-9-5-4-6-10-16)32-23(18)27-21(28)15(2)31-22-17-11-7-8-12-19(17)25-14-26-22/h4-15H,3H2,1-2H3,(H,27,28). The molecule has 0 aliphatic rings. The van der Waals surface area contributed by atoms with Crippen LogP contribution in [0.1, 0.15) is 24.2 Å². The van der Waals surface area contributed by atoms with Crippen molar-refractivity contribution in [2.75, 3.05) is 11.9 Å². The maximum atomic E-state index is 13.0. The van der Waals surface area contributed by atoms with Crippen LogP contribution in [-0.2, 0) is 9.53 Å². The molecular weight excluding hydrogens is 442 g/mol. The number of nitrogens with zero attached hydrogens (tertiary/aromatic N) is 2. The van der Waals surface area contributed by atoms with Crippen molar-refractivity contribution >= 4 is 50.9 Å². The molecule has 1 atom stereocenters. The van der Waals surface area contributed by atoms with E-state index >= 15 is 0 Å². The molecule has 0 bridgehead atoms. The highest BCUT2D eigenvalue weighted by molar-refractivity contribution is 8.00. The first-order valence-electron chi connectivity index (χ1n) is 10.1. The predicted molar refractivity (Wildman–Crippen MR) is 129 cm³/mol. The molecule has 1 N–H and O–H groups in total. The molecule has 162 valence electrons. The molecule has 0 saturated heterocycles. The molecule has 2 aromatic heterocycles. The second-order valence-electron chi connectivity index (χ2n) is 6.89. The summed E-state index contributed by atoms with van der Waals surface area (Å²) in [5.41, 5.74) is 2.15. The van der Waals surface area contributed by atoms with Crippen LogP contribution >= 0.6 is 23.1 Å². The Labute approximate surface area is 194 Å². The van der Waals surface area contributed by atoms with E-state index in [0.717, 1.165) is 26.4 Å². The summed E-state index contributed by atoms with van der Waals surface area (Å²) in [6.45, 7) is 3.83. The second kappa shape index (κ2) is 9.93. The first-order valence-corrected chi connectivity index (χ1v) is 11.8. The molecule has 2 heterocycles. The number of esters is 1. The molecule has 1 unspecified atom stereocenters. The molecule has 2 aromatic carbocycles. The summed E-state index contributed by atoms with van der Waals surface area (Å²) in [5, 5.41) is 4.60. The predicted octanol–water partition coefficient (Wildman–Crippen LogP) is 5.65. The van der Waals surface area contributed by atoms with E-state index in [0.29, 0.717) is 10.6 Å². The summed E-state index contributed by atoms with van der Waals surface area (Å²) in [7, 11) is 0. The van der Waals surface area contributed by atoms with Gasteiger partial charge in [-0.05, 0) is 31.5 Å². The number of ether oxygens (including phenoxy) is 1. The molecule has 0 aliphatic heterocycles. The highest BCUT2D eigenvalue weighted by Crippen LogP contribution is 2.37. The smallest absolute Gasteiger partial charge is 0.341 e. The number of thioether (sulfide) groups is 1. The van der Waals surface area contributed by atoms with Crippen molar-refractivity contribution in [2.45, 2.75) is 24.1 Å². The Kier molecular flexibility index (Phi) is 6.82. The average molecular weight is 464 g/mol. The molecule has 0 saturated carbocycles. The number of carbonyl (C=O) groups is 2. The van der Waals surface area contributed by atoms with Crippen LogP contribution in [0.25, 0.3) is 21.3 Å². The number of nitrogens with one attached hydrogen (secondary N) is 1. The summed E-state index contributed by atoms with van der Waals surface area (Å²) in [6.07, 6.45) is 1.50. The third-order valence-corrected chi connectivity index (χ3v) is 6.90. The normalized spacial score (nSPS) is 11.8. The zero-order valence-electron chi connectivity index (χ0n) is 17.6. The molecule has 8 heteroatoms. The lowest BCUT2D eigenvalue weighted by Gasteiger charge is -2.12. The number of thiophene rings is 1. The quantitative estimate of drug-likeness (QED) is 0.217. The van der Waals surface area contributed by atoms with Crippen LogP contribution in [0.3, 0.4) is 0 Å². The van der Waals surface area contributed by atoms with E-state index in [1.54, 1.807) is 13.0 Å². The van der Waals surface area contributed by atoms with Gasteiger partial charge in [-0.15, -0.1) is 11.3 Å². The summed E-state index contributed by atoms with van der Waals surface area (Å²) in [6, 6.07) is 19.2. The van der Waals surface area contributed by atoms with Crippen LogP contribution in [0.15, 0.2) is 72.0 Å². The van der Waals surface area contributed by atoms with Crippen molar-refractivity contribution in [2.24, 2.45) is 0 Å². The van der Waals surface area contributed by atoms with E-state index in [1.807, 2.05) is 61.5 Å². The molecule has 1 amide bonds. The second-order valence-corrected chi connectivity index (χ2v) is 9.27. The van der Waals surface area contributed by atoms with Gasteiger partial charge in [-0.1, -0.05) is 60.3 Å². The highest BCUT2D eigenvalue weighted by atomic mass is 32.2. The van der Waals surface area contributed by atoms with Gasteiger partial charge >= 0.3 is 5.97 Å². The van der Waals surface area contributed by atoms with Gasteiger partial charge in [0.2, 0.25) is 5.91 Å². The molecule has 4 rings (SSSR count). The van der Waals surface area contributed by atoms with Gasteiger partial charge in [0.15, 0.2) is 0 Å². The van der Waals surface area contributed by atoms with Gasteiger partial charge in [0.25, 0.3) is 0 Å². The van der Waals surface area contributed by atoms with Crippen molar-refractivity contribution in [1.82, 2.24) is 9.97 Å². The number of amides is 1. The number of hydrogen-bond donors (Lipinski definition) is 1. The topological polar surface area (TPSA) is 81.2 Å². The van der Waals surface area contributed by atoms with Gasteiger partial charge in [-0.3, -0.25) is 4.79 Å². The minimum absolute atomic E-state index is 0.218. The first kappa shape index (κ1) is 22.0. The van der Waals surface area contributed by atoms with Crippen LogP contribution in [0.2, 0.25) is 0 Å². The zero-order chi connectivity index (χ0) is 22.5. The Bertz CT molecular complexity index is 1250. The molecule has 0 aliphatic carbocycles. The lowest BCUT2D eigenvalue weighted by molar-refractivity contribution is -0.115. The summed E-state index contributed by atoms with van der Waals surface area (Å²) in [4.78, 5) is 35.0. The van der Waals surface area contributed by atoms with Gasteiger partial charge in [-0.2, -0.15) is 0 Å². The summed E-state index contributed by atoms with van der Waals surface area (Å²) in [5.74, 6) is -0.673. The third kappa shape index (κ3) is 4.81. The SMILES string of the molecule is CCOC(=O)c1cc(-c2ccccc2)sc1NC(=O)C(C)Sc1ncnc2ccccc12. The van der Waals surface area contributed by atoms with Gasteiger partial charge in [0, 0.05) is 10.3 Å². The van der Waals surface area contributed by atoms with Crippen molar-refractivity contribution in [1.29, 1.82) is 0 Å². The van der Waals surface area contributed by atoms with Gasteiger partial charge in [0.1, 0.15) is 16.4 Å². The number of aromatic nitrogens is 2. The molecule has 0 radical (unpaired) electrons. The number of benzene rings is 2. The maximum absolute atomic E-state index is 13.0. The van der Waals surface area contributed by atoms with Gasteiger partial charge in [-0.25, -0.2) is 14.8 Å². The number of anilines is 1. The van der Waals surface area contributed by atoms with Crippen LogP contribution in [0.4, 0.5) is 5.00 Å². The molecule has 4 aromatic rings. The van der Waals surface area contributed by atoms with Crippen molar-refractivity contribution in [3.8, 4) is 10.4 Å². The molecule has 0 spiro atoms. The Morgan fingerprint density at radius 2 is 1.84 bits per heavy atom.